The van der Waals surface area contributed by atoms with Gasteiger partial charge in [0.15, 0.2) is 0 Å². The van der Waals surface area contributed by atoms with Crippen LogP contribution in [0.2, 0.25) is 0 Å². The highest BCUT2D eigenvalue weighted by atomic mass is 16.5. The number of terminal acetylenes is 1. The number of hydrogen-bond donors (Lipinski definition) is 1. The number of rotatable bonds is 4. The minimum absolute atomic E-state index is 0.0442. The van der Waals surface area contributed by atoms with Crippen molar-refractivity contribution >= 4 is 0 Å². The maximum Gasteiger partial charge on any atom is 0.0813 e. The van der Waals surface area contributed by atoms with Gasteiger partial charge >= 0.3 is 0 Å². The summed E-state index contributed by atoms with van der Waals surface area (Å²) in [5.74, 6) is 2.75. The first-order valence-corrected chi connectivity index (χ1v) is 3.34. The zero-order chi connectivity index (χ0) is 7.98. The Labute approximate surface area is 62.2 Å². The van der Waals surface area contributed by atoms with Crippen LogP contribution in [0.4, 0.5) is 0 Å². The van der Waals surface area contributed by atoms with Gasteiger partial charge in [-0.1, -0.05) is 6.92 Å². The Hall–Kier alpha value is -0.520. The summed E-state index contributed by atoms with van der Waals surface area (Å²) in [5.41, 5.74) is 0. The molecule has 2 atom stereocenters. The van der Waals surface area contributed by atoms with Crippen LogP contribution >= 0.6 is 0 Å². The Morgan fingerprint density at radius 1 is 1.70 bits per heavy atom. The van der Waals surface area contributed by atoms with E-state index in [1.807, 2.05) is 6.92 Å². The summed E-state index contributed by atoms with van der Waals surface area (Å²) in [7, 11) is 1.57. The standard InChI is InChI=1S/C8H14O2/c1-4-7(2)5-8(6-9)10-3/h1,7-9H,5-6H2,2-3H3/t7-,8-/m0/s1. The third-order valence-electron chi connectivity index (χ3n) is 1.44. The van der Waals surface area contributed by atoms with Gasteiger partial charge in [0, 0.05) is 13.0 Å². The summed E-state index contributed by atoms with van der Waals surface area (Å²) in [6, 6.07) is 0. The van der Waals surface area contributed by atoms with Crippen molar-refractivity contribution in [3.8, 4) is 12.3 Å². The Morgan fingerprint density at radius 2 is 2.30 bits per heavy atom. The molecule has 0 unspecified atom stereocenters. The Balaban J connectivity index is 3.54. The molecule has 0 saturated heterocycles. The molecule has 0 aromatic rings. The van der Waals surface area contributed by atoms with Crippen LogP contribution in [0.3, 0.4) is 0 Å². The van der Waals surface area contributed by atoms with E-state index < -0.39 is 0 Å². The van der Waals surface area contributed by atoms with Crippen LogP contribution < -0.4 is 0 Å². The van der Waals surface area contributed by atoms with Gasteiger partial charge in [-0.25, -0.2) is 0 Å². The van der Waals surface area contributed by atoms with Crippen LogP contribution in [0.5, 0.6) is 0 Å². The molecule has 0 rings (SSSR count). The molecule has 1 N–H and O–H groups in total. The van der Waals surface area contributed by atoms with E-state index in [2.05, 4.69) is 5.92 Å². The van der Waals surface area contributed by atoms with Gasteiger partial charge in [0.1, 0.15) is 0 Å². The van der Waals surface area contributed by atoms with Gasteiger partial charge in [0.2, 0.25) is 0 Å². The van der Waals surface area contributed by atoms with Crippen molar-refractivity contribution in [3.05, 3.63) is 0 Å². The van der Waals surface area contributed by atoms with Gasteiger partial charge in [0.25, 0.3) is 0 Å². The second-order valence-corrected chi connectivity index (χ2v) is 2.34. The van der Waals surface area contributed by atoms with E-state index in [4.69, 9.17) is 16.3 Å². The third kappa shape index (κ3) is 3.49. The highest BCUT2D eigenvalue weighted by Crippen LogP contribution is 2.05. The minimum atomic E-state index is -0.106. The lowest BCUT2D eigenvalue weighted by atomic mass is 10.1. The molecule has 0 aliphatic heterocycles. The molecule has 0 spiro atoms. The van der Waals surface area contributed by atoms with Crippen molar-refractivity contribution in [1.82, 2.24) is 0 Å². The van der Waals surface area contributed by atoms with Gasteiger partial charge in [0.05, 0.1) is 12.7 Å². The molecular weight excluding hydrogens is 128 g/mol. The molecule has 10 heavy (non-hydrogen) atoms. The second kappa shape index (κ2) is 5.28. The Kier molecular flexibility index (Phi) is 5.00. The fourth-order valence-electron chi connectivity index (χ4n) is 0.708. The number of ether oxygens (including phenoxy) is 1. The SMILES string of the molecule is C#C[C@H](C)C[C@@H](CO)OC. The van der Waals surface area contributed by atoms with Crippen LogP contribution in [-0.4, -0.2) is 24.9 Å². The van der Waals surface area contributed by atoms with E-state index in [0.29, 0.717) is 0 Å². The van der Waals surface area contributed by atoms with Gasteiger partial charge in [-0.2, -0.15) is 0 Å². The molecule has 0 bridgehead atoms. The van der Waals surface area contributed by atoms with Crippen molar-refractivity contribution in [2.24, 2.45) is 5.92 Å². The summed E-state index contributed by atoms with van der Waals surface area (Å²) in [5, 5.41) is 8.68. The lowest BCUT2D eigenvalue weighted by molar-refractivity contribution is 0.0379. The quantitative estimate of drug-likeness (QED) is 0.584. The molecule has 0 aromatic heterocycles. The van der Waals surface area contributed by atoms with E-state index in [-0.39, 0.29) is 18.6 Å². The van der Waals surface area contributed by atoms with Crippen LogP contribution in [0.1, 0.15) is 13.3 Å². The number of aliphatic hydroxyl groups is 1. The summed E-state index contributed by atoms with van der Waals surface area (Å²) in [4.78, 5) is 0. The molecule has 0 aromatic carbocycles. The van der Waals surface area contributed by atoms with Crippen molar-refractivity contribution in [1.29, 1.82) is 0 Å². The fraction of sp³-hybridized carbons (Fsp3) is 0.750. The zero-order valence-electron chi connectivity index (χ0n) is 6.50. The summed E-state index contributed by atoms with van der Waals surface area (Å²) < 4.78 is 4.93. The van der Waals surface area contributed by atoms with Crippen molar-refractivity contribution < 1.29 is 9.84 Å². The molecule has 0 amide bonds. The van der Waals surface area contributed by atoms with Crippen LogP contribution in [0.15, 0.2) is 0 Å². The summed E-state index contributed by atoms with van der Waals surface area (Å²) in [6.45, 7) is 1.98. The topological polar surface area (TPSA) is 29.5 Å². The highest BCUT2D eigenvalue weighted by Gasteiger charge is 2.08. The predicted octanol–water partition coefficient (Wildman–Crippen LogP) is 0.653. The molecule has 0 fully saturated rings. The number of methoxy groups -OCH3 is 1. The van der Waals surface area contributed by atoms with E-state index >= 15 is 0 Å². The van der Waals surface area contributed by atoms with Gasteiger partial charge in [-0.3, -0.25) is 0 Å². The summed E-state index contributed by atoms with van der Waals surface area (Å²) >= 11 is 0. The molecule has 58 valence electrons. The maximum absolute atomic E-state index is 8.68. The Morgan fingerprint density at radius 3 is 2.60 bits per heavy atom. The smallest absolute Gasteiger partial charge is 0.0813 e. The molecule has 0 radical (unpaired) electrons. The van der Waals surface area contributed by atoms with Gasteiger partial charge < -0.3 is 9.84 Å². The lowest BCUT2D eigenvalue weighted by Gasteiger charge is -2.13. The number of aliphatic hydroxyl groups excluding tert-OH is 1. The van der Waals surface area contributed by atoms with Crippen LogP contribution in [-0.2, 0) is 4.74 Å². The highest BCUT2D eigenvalue weighted by molar-refractivity contribution is 4.91. The molecule has 0 heterocycles. The largest absolute Gasteiger partial charge is 0.394 e. The Bertz CT molecular complexity index is 111. The minimum Gasteiger partial charge on any atom is -0.394 e. The number of hydrogen-bond acceptors (Lipinski definition) is 2. The van der Waals surface area contributed by atoms with Crippen molar-refractivity contribution in [2.75, 3.05) is 13.7 Å². The molecule has 0 aliphatic rings. The van der Waals surface area contributed by atoms with E-state index in [0.717, 1.165) is 6.42 Å². The molecule has 2 heteroatoms. The third-order valence-corrected chi connectivity index (χ3v) is 1.44. The fourth-order valence-corrected chi connectivity index (χ4v) is 0.708. The van der Waals surface area contributed by atoms with Crippen molar-refractivity contribution in [2.45, 2.75) is 19.4 Å². The second-order valence-electron chi connectivity index (χ2n) is 2.34. The first-order valence-electron chi connectivity index (χ1n) is 3.34. The van der Waals surface area contributed by atoms with Crippen LogP contribution in [0.25, 0.3) is 0 Å². The molecule has 0 aliphatic carbocycles. The summed E-state index contributed by atoms with van der Waals surface area (Å²) in [6.07, 6.45) is 5.76. The van der Waals surface area contributed by atoms with Crippen molar-refractivity contribution in [3.63, 3.8) is 0 Å². The molecule has 0 saturated carbocycles. The predicted molar refractivity (Wildman–Crippen MR) is 40.5 cm³/mol. The van der Waals surface area contributed by atoms with E-state index in [1.165, 1.54) is 0 Å². The zero-order valence-corrected chi connectivity index (χ0v) is 6.50. The average molecular weight is 142 g/mol. The lowest BCUT2D eigenvalue weighted by Crippen LogP contribution is -2.18. The van der Waals surface area contributed by atoms with Crippen LogP contribution in [0, 0.1) is 18.3 Å². The monoisotopic (exact) mass is 142 g/mol. The van der Waals surface area contributed by atoms with Gasteiger partial charge in [-0.15, -0.1) is 12.3 Å². The first-order chi connectivity index (χ1) is 4.74. The molecule has 2 nitrogen and oxygen atoms in total. The first kappa shape index (κ1) is 9.48. The molecular formula is C8H14O2. The van der Waals surface area contributed by atoms with E-state index in [1.54, 1.807) is 7.11 Å². The maximum atomic E-state index is 8.68. The normalized spacial score (nSPS) is 15.8. The van der Waals surface area contributed by atoms with Gasteiger partial charge in [-0.05, 0) is 6.42 Å². The van der Waals surface area contributed by atoms with E-state index in [9.17, 15) is 0 Å². The average Bonchev–Trinajstić information content (AvgIpc) is 1.99.